The average molecular weight is 348 g/mol. The molecular formula is C20H37N5. The highest BCUT2D eigenvalue weighted by atomic mass is 15.4. The largest absolute Gasteiger partial charge is 0.367 e. The number of hydrogen-bond donors (Lipinski definition) is 0. The molecule has 0 aromatic rings. The number of allylic oxidation sites excluding steroid dienone is 1. The third kappa shape index (κ3) is 3.03. The van der Waals surface area contributed by atoms with E-state index in [1.165, 1.54) is 77.9 Å². The molecule has 5 nitrogen and oxygen atoms in total. The van der Waals surface area contributed by atoms with Gasteiger partial charge in [0, 0.05) is 45.2 Å². The fourth-order valence-corrected chi connectivity index (χ4v) is 5.61. The predicted molar refractivity (Wildman–Crippen MR) is 103 cm³/mol. The molecule has 0 aromatic heterocycles. The molecule has 0 unspecified atom stereocenters. The third-order valence-electron chi connectivity index (χ3n) is 7.40. The van der Waals surface area contributed by atoms with Crippen molar-refractivity contribution in [3.8, 4) is 0 Å². The summed E-state index contributed by atoms with van der Waals surface area (Å²) in [6.07, 6.45) is 6.68. The lowest BCUT2D eigenvalue weighted by atomic mass is 9.69. The summed E-state index contributed by atoms with van der Waals surface area (Å²) in [5.41, 5.74) is 2.14. The van der Waals surface area contributed by atoms with Gasteiger partial charge in [-0.05, 0) is 72.4 Å². The van der Waals surface area contributed by atoms with Gasteiger partial charge >= 0.3 is 0 Å². The Morgan fingerprint density at radius 1 is 0.680 bits per heavy atom. The second-order valence-corrected chi connectivity index (χ2v) is 9.08. The topological polar surface area (TPSA) is 16.2 Å². The third-order valence-corrected chi connectivity index (χ3v) is 7.40. The maximum absolute atomic E-state index is 2.88. The van der Waals surface area contributed by atoms with Gasteiger partial charge in [-0.3, -0.25) is 0 Å². The van der Waals surface area contributed by atoms with Crippen molar-refractivity contribution < 1.29 is 0 Å². The molecule has 5 heteroatoms. The molecule has 4 heterocycles. The minimum atomic E-state index is 0.423. The summed E-state index contributed by atoms with van der Waals surface area (Å²) in [6, 6.07) is 0.748. The first kappa shape index (κ1) is 17.5. The smallest absolute Gasteiger partial charge is 0.124 e. The van der Waals surface area contributed by atoms with E-state index in [1.54, 1.807) is 11.5 Å². The highest BCUT2D eigenvalue weighted by Gasteiger charge is 2.48. The Kier molecular flexibility index (Phi) is 4.65. The number of likely N-dealkylation sites (tertiary alicyclic amines) is 2. The SMILES string of the molecule is CN1CCC(N2CCN(C)C3=C2C2(CCN(C)CC2)CCN3C)CC1. The van der Waals surface area contributed by atoms with E-state index >= 15 is 0 Å². The zero-order chi connectivity index (χ0) is 17.6. The number of likely N-dealkylation sites (N-methyl/N-ethyl adjacent to an activating group) is 1. The molecule has 2 fully saturated rings. The van der Waals surface area contributed by atoms with Gasteiger partial charge in [-0.15, -0.1) is 0 Å². The average Bonchev–Trinajstić information content (AvgIpc) is 2.62. The van der Waals surface area contributed by atoms with Crippen LogP contribution in [-0.4, -0.2) is 105 Å². The van der Waals surface area contributed by atoms with E-state index in [1.807, 2.05) is 0 Å². The highest BCUT2D eigenvalue weighted by molar-refractivity contribution is 5.27. The Morgan fingerprint density at radius 3 is 1.92 bits per heavy atom. The van der Waals surface area contributed by atoms with Crippen molar-refractivity contribution in [3.05, 3.63) is 11.5 Å². The number of piperidine rings is 2. The zero-order valence-corrected chi connectivity index (χ0v) is 16.8. The summed E-state index contributed by atoms with van der Waals surface area (Å²) in [7, 11) is 9.19. The Hall–Kier alpha value is -0.940. The van der Waals surface area contributed by atoms with E-state index in [0.29, 0.717) is 5.41 Å². The molecule has 0 atom stereocenters. The second-order valence-electron chi connectivity index (χ2n) is 9.08. The minimum absolute atomic E-state index is 0.423. The van der Waals surface area contributed by atoms with Gasteiger partial charge in [0.05, 0.1) is 5.70 Å². The van der Waals surface area contributed by atoms with Crippen LogP contribution in [0.4, 0.5) is 0 Å². The van der Waals surface area contributed by atoms with Crippen LogP contribution >= 0.6 is 0 Å². The maximum atomic E-state index is 2.88. The first-order chi connectivity index (χ1) is 12.0. The summed E-state index contributed by atoms with van der Waals surface area (Å²) < 4.78 is 0. The van der Waals surface area contributed by atoms with Gasteiger partial charge in [0.1, 0.15) is 5.82 Å². The summed E-state index contributed by atoms with van der Waals surface area (Å²) in [6.45, 7) is 8.63. The highest BCUT2D eigenvalue weighted by Crippen LogP contribution is 2.50. The van der Waals surface area contributed by atoms with Crippen molar-refractivity contribution in [2.75, 3.05) is 74.0 Å². The second kappa shape index (κ2) is 6.66. The summed E-state index contributed by atoms with van der Waals surface area (Å²) in [5.74, 6) is 1.54. The van der Waals surface area contributed by atoms with Crippen LogP contribution in [0.25, 0.3) is 0 Å². The van der Waals surface area contributed by atoms with Crippen LogP contribution in [0.5, 0.6) is 0 Å². The molecule has 4 aliphatic rings. The van der Waals surface area contributed by atoms with E-state index < -0.39 is 0 Å². The van der Waals surface area contributed by atoms with Crippen molar-refractivity contribution in [1.29, 1.82) is 0 Å². The van der Waals surface area contributed by atoms with Crippen LogP contribution in [0.3, 0.4) is 0 Å². The van der Waals surface area contributed by atoms with Crippen LogP contribution in [0.2, 0.25) is 0 Å². The summed E-state index contributed by atoms with van der Waals surface area (Å²) in [4.78, 5) is 13.0. The van der Waals surface area contributed by atoms with Crippen molar-refractivity contribution in [2.45, 2.75) is 38.1 Å². The molecule has 0 saturated carbocycles. The van der Waals surface area contributed by atoms with Crippen molar-refractivity contribution >= 4 is 0 Å². The Labute approximate surface area is 154 Å². The lowest BCUT2D eigenvalue weighted by Crippen LogP contribution is -2.58. The fraction of sp³-hybridized carbons (Fsp3) is 0.900. The van der Waals surface area contributed by atoms with Crippen LogP contribution in [0, 0.1) is 5.41 Å². The van der Waals surface area contributed by atoms with Gasteiger partial charge < -0.3 is 24.5 Å². The lowest BCUT2D eigenvalue weighted by Gasteiger charge is -2.57. The van der Waals surface area contributed by atoms with E-state index in [9.17, 15) is 0 Å². The van der Waals surface area contributed by atoms with E-state index in [0.717, 1.165) is 6.04 Å². The Balaban J connectivity index is 1.70. The van der Waals surface area contributed by atoms with Crippen molar-refractivity contribution in [2.24, 2.45) is 5.41 Å². The molecule has 4 rings (SSSR count). The van der Waals surface area contributed by atoms with Crippen molar-refractivity contribution in [3.63, 3.8) is 0 Å². The van der Waals surface area contributed by atoms with Gasteiger partial charge in [-0.25, -0.2) is 0 Å². The van der Waals surface area contributed by atoms with Gasteiger partial charge in [-0.1, -0.05) is 0 Å². The molecule has 4 aliphatic heterocycles. The van der Waals surface area contributed by atoms with E-state index in [4.69, 9.17) is 0 Å². The molecule has 0 aliphatic carbocycles. The molecule has 1 spiro atoms. The Morgan fingerprint density at radius 2 is 1.24 bits per heavy atom. The molecule has 0 radical (unpaired) electrons. The van der Waals surface area contributed by atoms with E-state index in [2.05, 4.69) is 52.7 Å². The van der Waals surface area contributed by atoms with Gasteiger partial charge in [0.2, 0.25) is 0 Å². The molecule has 0 amide bonds. The summed E-state index contributed by atoms with van der Waals surface area (Å²) in [5, 5.41) is 0. The molecular weight excluding hydrogens is 310 g/mol. The number of hydrogen-bond acceptors (Lipinski definition) is 5. The standard InChI is InChI=1S/C20H37N5/c1-21-10-5-17(6-11-21)25-16-15-24(4)19-18(25)20(9-14-23(19)3)7-12-22(2)13-8-20/h17H,5-16H2,1-4H3. The molecule has 0 N–H and O–H groups in total. The lowest BCUT2D eigenvalue weighted by molar-refractivity contribution is 0.0189. The minimum Gasteiger partial charge on any atom is -0.367 e. The van der Waals surface area contributed by atoms with Gasteiger partial charge in [0.25, 0.3) is 0 Å². The number of nitrogens with zero attached hydrogens (tertiary/aromatic N) is 5. The van der Waals surface area contributed by atoms with Crippen LogP contribution < -0.4 is 0 Å². The van der Waals surface area contributed by atoms with E-state index in [-0.39, 0.29) is 0 Å². The van der Waals surface area contributed by atoms with Gasteiger partial charge in [0.15, 0.2) is 0 Å². The molecule has 25 heavy (non-hydrogen) atoms. The monoisotopic (exact) mass is 347 g/mol. The predicted octanol–water partition coefficient (Wildman–Crippen LogP) is 1.54. The zero-order valence-electron chi connectivity index (χ0n) is 16.8. The van der Waals surface area contributed by atoms with Gasteiger partial charge in [-0.2, -0.15) is 0 Å². The quantitative estimate of drug-likeness (QED) is 0.713. The fourth-order valence-electron chi connectivity index (χ4n) is 5.61. The number of rotatable bonds is 1. The molecule has 0 bridgehead atoms. The number of fused-ring (bicyclic) bond motifs is 1. The maximum Gasteiger partial charge on any atom is 0.124 e. The summed E-state index contributed by atoms with van der Waals surface area (Å²) >= 11 is 0. The molecule has 0 aromatic carbocycles. The first-order valence-corrected chi connectivity index (χ1v) is 10.3. The van der Waals surface area contributed by atoms with Crippen LogP contribution in [-0.2, 0) is 0 Å². The first-order valence-electron chi connectivity index (χ1n) is 10.3. The molecule has 2 saturated heterocycles. The molecule has 142 valence electrons. The van der Waals surface area contributed by atoms with Crippen LogP contribution in [0.1, 0.15) is 32.1 Å². The van der Waals surface area contributed by atoms with Crippen molar-refractivity contribution in [1.82, 2.24) is 24.5 Å². The normalized spacial score (nSPS) is 29.5. The Bertz CT molecular complexity index is 508. The van der Waals surface area contributed by atoms with Crippen LogP contribution in [0.15, 0.2) is 11.5 Å².